The van der Waals surface area contributed by atoms with Crippen LogP contribution in [0.1, 0.15) is 0 Å². The molecule has 0 fully saturated rings. The molecule has 0 N–H and O–H groups in total. The third kappa shape index (κ3) is 2.61. The van der Waals surface area contributed by atoms with Crippen molar-refractivity contribution in [3.8, 4) is 22.7 Å². The van der Waals surface area contributed by atoms with Crippen molar-refractivity contribution in [2.24, 2.45) is 0 Å². The lowest BCUT2D eigenvalue weighted by Gasteiger charge is -2.12. The Morgan fingerprint density at radius 3 is 2.29 bits per heavy atom. The third-order valence-electron chi connectivity index (χ3n) is 4.16. The van der Waals surface area contributed by atoms with Crippen LogP contribution >= 0.6 is 15.9 Å². The van der Waals surface area contributed by atoms with Gasteiger partial charge in [-0.25, -0.2) is 0 Å². The molecule has 4 rings (SSSR count). The highest BCUT2D eigenvalue weighted by molar-refractivity contribution is 9.10. The normalized spacial score (nSPS) is 10.9. The molecule has 0 saturated heterocycles. The monoisotopic (exact) mass is 377 g/mol. The third-order valence-corrected chi connectivity index (χ3v) is 4.66. The number of fused-ring (bicyclic) bond motifs is 1. The van der Waals surface area contributed by atoms with Crippen LogP contribution in [0.25, 0.3) is 27.8 Å². The van der Waals surface area contributed by atoms with E-state index in [-0.39, 0.29) is 0 Å². The van der Waals surface area contributed by atoms with Gasteiger partial charge in [0.15, 0.2) is 0 Å². The smallest absolute Gasteiger partial charge is 0.119 e. The summed E-state index contributed by atoms with van der Waals surface area (Å²) in [4.78, 5) is 0. The first-order valence-electron chi connectivity index (χ1n) is 7.77. The van der Waals surface area contributed by atoms with E-state index in [4.69, 9.17) is 4.74 Å². The van der Waals surface area contributed by atoms with Crippen LogP contribution in [0, 0.1) is 0 Å². The van der Waals surface area contributed by atoms with Crippen molar-refractivity contribution >= 4 is 26.8 Å². The van der Waals surface area contributed by atoms with Gasteiger partial charge in [-0.1, -0.05) is 46.3 Å². The second-order valence-electron chi connectivity index (χ2n) is 5.63. The quantitative estimate of drug-likeness (QED) is 0.422. The van der Waals surface area contributed by atoms with Crippen molar-refractivity contribution in [1.29, 1.82) is 0 Å². The Morgan fingerprint density at radius 2 is 1.58 bits per heavy atom. The van der Waals surface area contributed by atoms with E-state index in [0.717, 1.165) is 15.9 Å². The Morgan fingerprint density at radius 1 is 0.833 bits per heavy atom. The molecule has 3 aromatic carbocycles. The van der Waals surface area contributed by atoms with E-state index in [0.29, 0.717) is 0 Å². The second kappa shape index (κ2) is 6.17. The summed E-state index contributed by atoms with van der Waals surface area (Å²) >= 11 is 3.57. The van der Waals surface area contributed by atoms with Crippen LogP contribution in [0.15, 0.2) is 83.3 Å². The zero-order chi connectivity index (χ0) is 16.5. The van der Waals surface area contributed by atoms with Gasteiger partial charge < -0.3 is 9.30 Å². The molecular formula is C21H16BrNO. The van der Waals surface area contributed by atoms with Gasteiger partial charge in [-0.3, -0.25) is 0 Å². The van der Waals surface area contributed by atoms with Crippen LogP contribution in [0.3, 0.4) is 0 Å². The minimum absolute atomic E-state index is 0.860. The van der Waals surface area contributed by atoms with Crippen molar-refractivity contribution < 1.29 is 4.74 Å². The number of hydrogen-bond acceptors (Lipinski definition) is 1. The highest BCUT2D eigenvalue weighted by atomic mass is 79.9. The maximum Gasteiger partial charge on any atom is 0.119 e. The summed E-state index contributed by atoms with van der Waals surface area (Å²) in [5, 5.41) is 1.21. The van der Waals surface area contributed by atoms with E-state index in [9.17, 15) is 0 Å². The summed E-state index contributed by atoms with van der Waals surface area (Å²) in [7, 11) is 1.69. The maximum atomic E-state index is 5.29. The molecule has 1 heterocycles. The highest BCUT2D eigenvalue weighted by Gasteiger charge is 2.12. The lowest BCUT2D eigenvalue weighted by Crippen LogP contribution is -1.96. The molecule has 0 spiro atoms. The number of nitrogens with zero attached hydrogens (tertiary/aromatic N) is 1. The van der Waals surface area contributed by atoms with Crippen LogP contribution in [0.4, 0.5) is 0 Å². The molecule has 1 aromatic heterocycles. The van der Waals surface area contributed by atoms with Gasteiger partial charge in [0, 0.05) is 15.5 Å². The number of methoxy groups -OCH3 is 1. The molecule has 0 radical (unpaired) electrons. The molecule has 0 saturated carbocycles. The lowest BCUT2D eigenvalue weighted by atomic mass is 10.1. The van der Waals surface area contributed by atoms with Gasteiger partial charge >= 0.3 is 0 Å². The zero-order valence-electron chi connectivity index (χ0n) is 13.2. The fraction of sp³-hybridized carbons (Fsp3) is 0.0476. The Balaban J connectivity index is 2.00. The zero-order valence-corrected chi connectivity index (χ0v) is 14.8. The van der Waals surface area contributed by atoms with Crippen molar-refractivity contribution in [2.75, 3.05) is 7.11 Å². The number of rotatable bonds is 3. The summed E-state index contributed by atoms with van der Waals surface area (Å²) in [5.41, 5.74) is 4.67. The van der Waals surface area contributed by atoms with E-state index < -0.39 is 0 Å². The van der Waals surface area contributed by atoms with E-state index in [2.05, 4.69) is 81.2 Å². The van der Waals surface area contributed by atoms with Gasteiger partial charge in [0.2, 0.25) is 0 Å². The maximum absolute atomic E-state index is 5.29. The van der Waals surface area contributed by atoms with E-state index in [1.807, 2.05) is 18.2 Å². The van der Waals surface area contributed by atoms with Crippen molar-refractivity contribution in [2.45, 2.75) is 0 Å². The molecule has 3 heteroatoms. The summed E-state index contributed by atoms with van der Waals surface area (Å²) in [6.45, 7) is 0. The number of halogens is 1. The van der Waals surface area contributed by atoms with E-state index in [1.165, 1.54) is 22.2 Å². The topological polar surface area (TPSA) is 14.2 Å². The van der Waals surface area contributed by atoms with Gasteiger partial charge in [0.25, 0.3) is 0 Å². The van der Waals surface area contributed by atoms with Crippen LogP contribution in [-0.2, 0) is 0 Å². The van der Waals surface area contributed by atoms with Crippen LogP contribution < -0.4 is 4.74 Å². The standard InChI is InChI=1S/C21H16BrNO/c1-24-19-10-8-18(9-11-19)23-20-12-7-17(22)13-16(20)14-21(23)15-5-3-2-4-6-15/h2-14H,1H3. The molecule has 0 aliphatic carbocycles. The summed E-state index contributed by atoms with van der Waals surface area (Å²) < 4.78 is 8.66. The summed E-state index contributed by atoms with van der Waals surface area (Å²) in [5.74, 6) is 0.860. The fourth-order valence-corrected chi connectivity index (χ4v) is 3.40. The molecule has 2 nitrogen and oxygen atoms in total. The molecule has 24 heavy (non-hydrogen) atoms. The minimum Gasteiger partial charge on any atom is -0.497 e. The number of aromatic nitrogens is 1. The molecule has 0 atom stereocenters. The number of ether oxygens (including phenoxy) is 1. The highest BCUT2D eigenvalue weighted by Crippen LogP contribution is 2.33. The minimum atomic E-state index is 0.860. The SMILES string of the molecule is COc1ccc(-n2c(-c3ccccc3)cc3cc(Br)ccc32)cc1. The Bertz CT molecular complexity index is 988. The van der Waals surface area contributed by atoms with Crippen molar-refractivity contribution in [1.82, 2.24) is 4.57 Å². The first-order valence-corrected chi connectivity index (χ1v) is 8.56. The Kier molecular flexibility index (Phi) is 3.87. The molecule has 118 valence electrons. The van der Waals surface area contributed by atoms with Crippen molar-refractivity contribution in [3.63, 3.8) is 0 Å². The molecule has 4 aromatic rings. The number of hydrogen-bond donors (Lipinski definition) is 0. The van der Waals surface area contributed by atoms with Gasteiger partial charge in [-0.15, -0.1) is 0 Å². The average molecular weight is 378 g/mol. The van der Waals surface area contributed by atoms with Crippen molar-refractivity contribution in [3.05, 3.63) is 83.3 Å². The summed E-state index contributed by atoms with van der Waals surface area (Å²) in [6.07, 6.45) is 0. The average Bonchev–Trinajstić information content (AvgIpc) is 3.01. The molecule has 0 bridgehead atoms. The van der Waals surface area contributed by atoms with E-state index in [1.54, 1.807) is 7.11 Å². The van der Waals surface area contributed by atoms with Gasteiger partial charge in [0.1, 0.15) is 5.75 Å². The molecule has 0 unspecified atom stereocenters. The van der Waals surface area contributed by atoms with Crippen LogP contribution in [0.2, 0.25) is 0 Å². The predicted molar refractivity (Wildman–Crippen MR) is 103 cm³/mol. The first-order chi connectivity index (χ1) is 11.8. The summed E-state index contributed by atoms with van der Waals surface area (Å²) in [6, 6.07) is 27.3. The Labute approximate surface area is 149 Å². The predicted octanol–water partition coefficient (Wildman–Crippen LogP) is 6.07. The Hall–Kier alpha value is -2.52. The second-order valence-corrected chi connectivity index (χ2v) is 6.55. The largest absolute Gasteiger partial charge is 0.497 e. The molecule has 0 aliphatic rings. The molecule has 0 aliphatic heterocycles. The lowest BCUT2D eigenvalue weighted by molar-refractivity contribution is 0.415. The fourth-order valence-electron chi connectivity index (χ4n) is 3.02. The van der Waals surface area contributed by atoms with Crippen LogP contribution in [0.5, 0.6) is 5.75 Å². The van der Waals surface area contributed by atoms with E-state index >= 15 is 0 Å². The first kappa shape index (κ1) is 15.0. The van der Waals surface area contributed by atoms with Gasteiger partial charge in [-0.2, -0.15) is 0 Å². The van der Waals surface area contributed by atoms with Gasteiger partial charge in [0.05, 0.1) is 18.3 Å². The number of benzene rings is 3. The molecular weight excluding hydrogens is 362 g/mol. The van der Waals surface area contributed by atoms with Gasteiger partial charge in [-0.05, 0) is 54.1 Å². The molecule has 0 amide bonds. The van der Waals surface area contributed by atoms with Crippen LogP contribution in [-0.4, -0.2) is 11.7 Å².